The first-order valence-corrected chi connectivity index (χ1v) is 5.47. The van der Waals surface area contributed by atoms with Gasteiger partial charge >= 0.3 is 0 Å². The van der Waals surface area contributed by atoms with E-state index in [2.05, 4.69) is 17.1 Å². The van der Waals surface area contributed by atoms with Gasteiger partial charge in [0, 0.05) is 26.6 Å². The summed E-state index contributed by atoms with van der Waals surface area (Å²) in [6, 6.07) is 0. The lowest BCUT2D eigenvalue weighted by molar-refractivity contribution is -0.118. The normalized spacial score (nSPS) is 20.7. The number of likely N-dealkylation sites (tertiary alicyclic amines) is 1. The van der Waals surface area contributed by atoms with Crippen molar-refractivity contribution in [2.45, 2.75) is 20.3 Å². The molecule has 1 aliphatic heterocycles. The van der Waals surface area contributed by atoms with Crippen molar-refractivity contribution < 1.29 is 4.79 Å². The van der Waals surface area contributed by atoms with Crippen LogP contribution in [0.1, 0.15) is 20.3 Å². The Kier molecular flexibility index (Phi) is 8.27. The van der Waals surface area contributed by atoms with Crippen molar-refractivity contribution in [3.8, 4) is 0 Å². The fourth-order valence-electron chi connectivity index (χ4n) is 1.56. The molecule has 5 N–H and O–H groups in total. The highest BCUT2D eigenvalue weighted by atomic mass is 16.1. The third-order valence-electron chi connectivity index (χ3n) is 2.30. The topological polar surface area (TPSA) is 84.4 Å². The number of rotatable bonds is 3. The van der Waals surface area contributed by atoms with Gasteiger partial charge in [-0.25, -0.2) is 0 Å². The highest BCUT2D eigenvalue weighted by Crippen LogP contribution is 2.13. The first-order chi connectivity index (χ1) is 7.10. The molecule has 0 radical (unpaired) electrons. The molecule has 0 aromatic rings. The molecule has 0 bridgehead atoms. The van der Waals surface area contributed by atoms with E-state index < -0.39 is 0 Å². The van der Waals surface area contributed by atoms with Crippen LogP contribution in [0.5, 0.6) is 0 Å². The van der Waals surface area contributed by atoms with Crippen LogP contribution >= 0.6 is 0 Å². The van der Waals surface area contributed by atoms with Gasteiger partial charge in [0.05, 0.1) is 6.67 Å². The zero-order valence-corrected chi connectivity index (χ0v) is 9.83. The van der Waals surface area contributed by atoms with Crippen LogP contribution in [0.15, 0.2) is 0 Å². The van der Waals surface area contributed by atoms with Gasteiger partial charge in [-0.05, 0) is 18.9 Å². The van der Waals surface area contributed by atoms with Gasteiger partial charge in [-0.15, -0.1) is 0 Å². The fraction of sp³-hybridized carbons (Fsp3) is 0.900. The summed E-state index contributed by atoms with van der Waals surface area (Å²) in [6.45, 7) is 8.38. The molecule has 1 heterocycles. The largest absolute Gasteiger partial charge is 0.344 e. The van der Waals surface area contributed by atoms with Crippen molar-refractivity contribution in [3.63, 3.8) is 0 Å². The second kappa shape index (κ2) is 8.64. The molecule has 1 aliphatic rings. The van der Waals surface area contributed by atoms with Gasteiger partial charge in [-0.3, -0.25) is 4.79 Å². The average molecular weight is 216 g/mol. The van der Waals surface area contributed by atoms with E-state index in [0.29, 0.717) is 0 Å². The molecule has 1 saturated heterocycles. The Morgan fingerprint density at radius 2 is 2.20 bits per heavy atom. The first-order valence-electron chi connectivity index (χ1n) is 5.47. The number of nitrogens with zero attached hydrogens (tertiary/aromatic N) is 1. The fourth-order valence-corrected chi connectivity index (χ4v) is 1.56. The standard InChI is InChI=1S/C7H16N2.C3H8N2O/c1-7-2-4-9(6-7)5-3-8;1-3(6)5-2-4/h7H,2-6,8H2,1H3;2,4H2,1H3,(H,5,6). The van der Waals surface area contributed by atoms with Gasteiger partial charge in [0.25, 0.3) is 0 Å². The highest BCUT2D eigenvalue weighted by molar-refractivity contribution is 5.72. The summed E-state index contributed by atoms with van der Waals surface area (Å²) in [4.78, 5) is 12.3. The van der Waals surface area contributed by atoms with Crippen LogP contribution in [-0.2, 0) is 4.79 Å². The summed E-state index contributed by atoms with van der Waals surface area (Å²) in [5, 5.41) is 2.35. The van der Waals surface area contributed by atoms with Gasteiger partial charge in [0.1, 0.15) is 0 Å². The minimum Gasteiger partial charge on any atom is -0.344 e. The molecule has 90 valence electrons. The minimum absolute atomic E-state index is 0.0856. The van der Waals surface area contributed by atoms with Gasteiger partial charge in [-0.1, -0.05) is 6.92 Å². The maximum Gasteiger partial charge on any atom is 0.217 e. The summed E-state index contributed by atoms with van der Waals surface area (Å²) in [5.74, 6) is 0.814. The second-order valence-electron chi connectivity index (χ2n) is 3.92. The first kappa shape index (κ1) is 14.3. The van der Waals surface area contributed by atoms with Gasteiger partial charge in [0.15, 0.2) is 0 Å². The van der Waals surface area contributed by atoms with Crippen molar-refractivity contribution in [2.24, 2.45) is 17.4 Å². The van der Waals surface area contributed by atoms with Crippen LogP contribution in [0.25, 0.3) is 0 Å². The number of nitrogens with two attached hydrogens (primary N) is 2. The lowest BCUT2D eigenvalue weighted by Crippen LogP contribution is -2.26. The molecule has 1 atom stereocenters. The maximum absolute atomic E-state index is 9.85. The molecule has 1 rings (SSSR count). The van der Waals surface area contributed by atoms with E-state index in [9.17, 15) is 4.79 Å². The van der Waals surface area contributed by atoms with Crippen molar-refractivity contribution in [1.82, 2.24) is 10.2 Å². The van der Waals surface area contributed by atoms with Crippen LogP contribution in [0, 0.1) is 5.92 Å². The Labute approximate surface area is 92.2 Å². The van der Waals surface area contributed by atoms with Crippen molar-refractivity contribution >= 4 is 5.91 Å². The van der Waals surface area contributed by atoms with Crippen molar-refractivity contribution in [1.29, 1.82) is 0 Å². The van der Waals surface area contributed by atoms with Crippen LogP contribution in [0.3, 0.4) is 0 Å². The second-order valence-corrected chi connectivity index (χ2v) is 3.92. The number of carbonyl (C=O) groups is 1. The Morgan fingerprint density at radius 3 is 2.47 bits per heavy atom. The molecule has 0 aliphatic carbocycles. The molecule has 0 aromatic heterocycles. The van der Waals surface area contributed by atoms with Crippen LogP contribution in [0.4, 0.5) is 0 Å². The van der Waals surface area contributed by atoms with E-state index in [0.717, 1.165) is 19.0 Å². The third-order valence-corrected chi connectivity index (χ3v) is 2.30. The van der Waals surface area contributed by atoms with Crippen molar-refractivity contribution in [2.75, 3.05) is 32.8 Å². The van der Waals surface area contributed by atoms with Crippen LogP contribution in [0.2, 0.25) is 0 Å². The van der Waals surface area contributed by atoms with E-state index in [1.807, 2.05) is 0 Å². The van der Waals surface area contributed by atoms with Gasteiger partial charge in [-0.2, -0.15) is 0 Å². The SMILES string of the molecule is CC(=O)NCN.CC1CCN(CCN)C1. The molecule has 0 spiro atoms. The molecule has 1 fully saturated rings. The molecule has 0 aromatic carbocycles. The number of amides is 1. The van der Waals surface area contributed by atoms with Crippen LogP contribution < -0.4 is 16.8 Å². The van der Waals surface area contributed by atoms with Gasteiger partial charge < -0.3 is 21.7 Å². The van der Waals surface area contributed by atoms with Crippen LogP contribution in [-0.4, -0.2) is 43.7 Å². The van der Waals surface area contributed by atoms with Gasteiger partial charge in [0.2, 0.25) is 5.91 Å². The minimum atomic E-state index is -0.0856. The number of nitrogens with one attached hydrogen (secondary N) is 1. The van der Waals surface area contributed by atoms with E-state index in [1.54, 1.807) is 0 Å². The van der Waals surface area contributed by atoms with E-state index in [4.69, 9.17) is 11.5 Å². The van der Waals surface area contributed by atoms with Crippen molar-refractivity contribution in [3.05, 3.63) is 0 Å². The van der Waals surface area contributed by atoms with E-state index >= 15 is 0 Å². The Morgan fingerprint density at radius 1 is 1.53 bits per heavy atom. The lowest BCUT2D eigenvalue weighted by atomic mass is 10.2. The maximum atomic E-state index is 9.85. The smallest absolute Gasteiger partial charge is 0.217 e. The number of hydrogen-bond acceptors (Lipinski definition) is 4. The predicted octanol–water partition coefficient (Wildman–Crippen LogP) is -0.674. The summed E-state index contributed by atoms with van der Waals surface area (Å²) < 4.78 is 0. The Balaban J connectivity index is 0.000000288. The quantitative estimate of drug-likeness (QED) is 0.546. The number of hydrogen-bond donors (Lipinski definition) is 3. The summed E-state index contributed by atoms with van der Waals surface area (Å²) in [5.41, 5.74) is 10.3. The Hall–Kier alpha value is -0.650. The summed E-state index contributed by atoms with van der Waals surface area (Å²) in [6.07, 6.45) is 1.36. The summed E-state index contributed by atoms with van der Waals surface area (Å²) >= 11 is 0. The Bertz CT molecular complexity index is 173. The molecule has 1 amide bonds. The molecule has 1 unspecified atom stereocenters. The van der Waals surface area contributed by atoms with E-state index in [1.165, 1.54) is 26.4 Å². The molecule has 5 nitrogen and oxygen atoms in total. The predicted molar refractivity (Wildman–Crippen MR) is 62.1 cm³/mol. The molecular weight excluding hydrogens is 192 g/mol. The average Bonchev–Trinajstić information content (AvgIpc) is 2.53. The molecule has 15 heavy (non-hydrogen) atoms. The molecular formula is C10H24N4O. The summed E-state index contributed by atoms with van der Waals surface area (Å²) in [7, 11) is 0. The molecule has 5 heteroatoms. The highest BCUT2D eigenvalue weighted by Gasteiger charge is 2.16. The monoisotopic (exact) mass is 216 g/mol. The zero-order valence-electron chi connectivity index (χ0n) is 9.83. The zero-order chi connectivity index (χ0) is 11.7. The molecule has 0 saturated carbocycles. The number of carbonyl (C=O) groups excluding carboxylic acids is 1. The van der Waals surface area contributed by atoms with E-state index in [-0.39, 0.29) is 12.6 Å². The lowest BCUT2D eigenvalue weighted by Gasteiger charge is -2.12. The third kappa shape index (κ3) is 8.35.